The minimum absolute atomic E-state index is 0.0329. The molecule has 0 aliphatic rings. The van der Waals surface area contributed by atoms with E-state index in [0.29, 0.717) is 46.0 Å². The normalized spacial score (nSPS) is 12.1. The van der Waals surface area contributed by atoms with E-state index in [9.17, 15) is 4.79 Å². The van der Waals surface area contributed by atoms with Gasteiger partial charge in [-0.2, -0.15) is 5.10 Å². The molecular formula is C24H25N9O2. The van der Waals surface area contributed by atoms with Crippen LogP contribution in [-0.4, -0.2) is 47.6 Å². The highest BCUT2D eigenvalue weighted by Crippen LogP contribution is 2.30. The van der Waals surface area contributed by atoms with Crippen molar-refractivity contribution < 1.29 is 9.53 Å². The van der Waals surface area contributed by atoms with Crippen LogP contribution < -0.4 is 21.1 Å². The van der Waals surface area contributed by atoms with Gasteiger partial charge in [-0.25, -0.2) is 4.98 Å². The lowest BCUT2D eigenvalue weighted by Gasteiger charge is -2.14. The number of carbonyl (C=O) groups is 1. The van der Waals surface area contributed by atoms with Gasteiger partial charge in [-0.1, -0.05) is 0 Å². The molecule has 0 spiro atoms. The number of benzene rings is 1. The smallest absolute Gasteiger partial charge is 0.257 e. The molecule has 178 valence electrons. The molecular weight excluding hydrogens is 446 g/mol. The van der Waals surface area contributed by atoms with Crippen molar-refractivity contribution in [3.8, 4) is 11.5 Å². The number of ether oxygens (including phenoxy) is 1. The van der Waals surface area contributed by atoms with E-state index in [1.807, 2.05) is 37.6 Å². The van der Waals surface area contributed by atoms with Gasteiger partial charge in [0.2, 0.25) is 0 Å². The molecule has 0 bridgehead atoms. The zero-order chi connectivity index (χ0) is 24.5. The Hall–Kier alpha value is -4.51. The van der Waals surface area contributed by atoms with E-state index in [1.165, 1.54) is 0 Å². The molecule has 0 saturated carbocycles. The zero-order valence-corrected chi connectivity index (χ0v) is 19.6. The Bertz CT molecular complexity index is 1540. The molecule has 0 radical (unpaired) electrons. The third kappa shape index (κ3) is 4.62. The van der Waals surface area contributed by atoms with Crippen LogP contribution in [0, 0.1) is 6.92 Å². The lowest BCUT2D eigenvalue weighted by molar-refractivity contribution is 0.102. The molecule has 1 atom stereocenters. The summed E-state index contributed by atoms with van der Waals surface area (Å²) >= 11 is 0. The SMILES string of the molecule is Cc1cn2cc(NC(=O)c3ccc(NC[C@H](C)N)c4nccnc34)cc(Oc3cnn(C)c3)c2n1. The number of pyridine rings is 1. The molecule has 0 saturated heterocycles. The maximum Gasteiger partial charge on any atom is 0.257 e. The number of hydrogen-bond donors (Lipinski definition) is 3. The third-order valence-corrected chi connectivity index (χ3v) is 5.29. The molecule has 11 heteroatoms. The van der Waals surface area contributed by atoms with Crippen molar-refractivity contribution in [2.75, 3.05) is 17.2 Å². The summed E-state index contributed by atoms with van der Waals surface area (Å²) in [6.07, 6.45) is 10.2. The van der Waals surface area contributed by atoms with Crippen LogP contribution >= 0.6 is 0 Å². The van der Waals surface area contributed by atoms with Gasteiger partial charge in [0, 0.05) is 50.5 Å². The second-order valence-electron chi connectivity index (χ2n) is 8.38. The highest BCUT2D eigenvalue weighted by atomic mass is 16.5. The van der Waals surface area contributed by atoms with Crippen LogP contribution in [0.3, 0.4) is 0 Å². The first kappa shape index (κ1) is 22.3. The van der Waals surface area contributed by atoms with Crippen LogP contribution in [0.2, 0.25) is 0 Å². The first-order valence-electron chi connectivity index (χ1n) is 11.1. The minimum atomic E-state index is -0.322. The number of fused-ring (bicyclic) bond motifs is 2. The van der Waals surface area contributed by atoms with Gasteiger partial charge in [-0.15, -0.1) is 0 Å². The van der Waals surface area contributed by atoms with Gasteiger partial charge in [0.05, 0.1) is 35.0 Å². The van der Waals surface area contributed by atoms with Gasteiger partial charge in [-0.05, 0) is 26.0 Å². The van der Waals surface area contributed by atoms with Gasteiger partial charge >= 0.3 is 0 Å². The van der Waals surface area contributed by atoms with Crippen molar-refractivity contribution in [3.63, 3.8) is 0 Å². The van der Waals surface area contributed by atoms with Gasteiger partial charge in [0.15, 0.2) is 17.1 Å². The monoisotopic (exact) mass is 471 g/mol. The number of imidazole rings is 1. The number of amides is 1. The molecule has 11 nitrogen and oxygen atoms in total. The summed E-state index contributed by atoms with van der Waals surface area (Å²) in [4.78, 5) is 26.7. The van der Waals surface area contributed by atoms with Crippen LogP contribution in [0.5, 0.6) is 11.5 Å². The number of nitrogens with zero attached hydrogens (tertiary/aromatic N) is 6. The summed E-state index contributed by atoms with van der Waals surface area (Å²) in [6.45, 7) is 4.37. The van der Waals surface area contributed by atoms with E-state index in [4.69, 9.17) is 10.5 Å². The van der Waals surface area contributed by atoms with E-state index in [-0.39, 0.29) is 11.9 Å². The van der Waals surface area contributed by atoms with E-state index < -0.39 is 0 Å². The zero-order valence-electron chi connectivity index (χ0n) is 19.6. The maximum atomic E-state index is 13.3. The highest BCUT2D eigenvalue weighted by molar-refractivity contribution is 6.13. The molecule has 1 amide bonds. The summed E-state index contributed by atoms with van der Waals surface area (Å²) in [7, 11) is 1.81. The number of nitrogens with two attached hydrogens (primary N) is 1. The van der Waals surface area contributed by atoms with Crippen LogP contribution in [0.15, 0.2) is 55.4 Å². The maximum absolute atomic E-state index is 13.3. The van der Waals surface area contributed by atoms with Crippen LogP contribution in [0.25, 0.3) is 16.7 Å². The number of anilines is 2. The Kier molecular flexibility index (Phi) is 5.75. The summed E-state index contributed by atoms with van der Waals surface area (Å²) < 4.78 is 9.49. The minimum Gasteiger partial charge on any atom is -0.450 e. The molecule has 0 aliphatic heterocycles. The summed E-state index contributed by atoms with van der Waals surface area (Å²) in [5, 5.41) is 10.4. The van der Waals surface area contributed by atoms with Crippen molar-refractivity contribution in [1.82, 2.24) is 29.1 Å². The van der Waals surface area contributed by atoms with Crippen molar-refractivity contribution in [2.45, 2.75) is 19.9 Å². The summed E-state index contributed by atoms with van der Waals surface area (Å²) in [6, 6.07) is 5.24. The predicted molar refractivity (Wildman–Crippen MR) is 133 cm³/mol. The van der Waals surface area contributed by atoms with E-state index in [2.05, 4.69) is 30.7 Å². The molecule has 0 fully saturated rings. The van der Waals surface area contributed by atoms with E-state index in [0.717, 1.165) is 11.4 Å². The first-order valence-corrected chi connectivity index (χ1v) is 11.1. The molecule has 0 unspecified atom stereocenters. The van der Waals surface area contributed by atoms with Gasteiger partial charge in [-0.3, -0.25) is 19.4 Å². The third-order valence-electron chi connectivity index (χ3n) is 5.29. The number of hydrogen-bond acceptors (Lipinski definition) is 8. The lowest BCUT2D eigenvalue weighted by Crippen LogP contribution is -2.25. The number of aryl methyl sites for hydroxylation is 2. The Morgan fingerprint density at radius 1 is 1.17 bits per heavy atom. The Balaban J connectivity index is 1.48. The van der Waals surface area contributed by atoms with Crippen LogP contribution in [0.4, 0.5) is 11.4 Å². The number of carbonyl (C=O) groups excluding carboxylic acids is 1. The Morgan fingerprint density at radius 2 is 1.97 bits per heavy atom. The molecule has 4 heterocycles. The fraction of sp³-hybridized carbons (Fsp3) is 0.208. The molecule has 4 N–H and O–H groups in total. The molecule has 35 heavy (non-hydrogen) atoms. The van der Waals surface area contributed by atoms with Crippen molar-refractivity contribution in [2.24, 2.45) is 12.8 Å². The van der Waals surface area contributed by atoms with Gasteiger partial charge in [0.1, 0.15) is 11.0 Å². The fourth-order valence-corrected chi connectivity index (χ4v) is 3.76. The molecule has 5 rings (SSSR count). The average Bonchev–Trinajstić information content (AvgIpc) is 3.41. The molecule has 5 aromatic rings. The van der Waals surface area contributed by atoms with Gasteiger partial charge < -0.3 is 25.5 Å². The molecule has 0 aliphatic carbocycles. The van der Waals surface area contributed by atoms with Crippen molar-refractivity contribution >= 4 is 34.0 Å². The standard InChI is InChI=1S/C24H25N9O2/c1-14(25)9-28-19-5-4-18(21-22(19)27-7-6-26-21)24(34)31-16-8-20(35-17-10-29-32(3)13-17)23-30-15(2)11-33(23)12-16/h4-8,10-14,28H,9,25H2,1-3H3,(H,31,34)/t14-/m0/s1. The number of aromatic nitrogens is 6. The number of nitrogens with one attached hydrogen (secondary N) is 2. The Morgan fingerprint density at radius 3 is 2.71 bits per heavy atom. The average molecular weight is 472 g/mol. The fourth-order valence-electron chi connectivity index (χ4n) is 3.76. The number of rotatable bonds is 7. The first-order chi connectivity index (χ1) is 16.9. The van der Waals surface area contributed by atoms with Crippen LogP contribution in [0.1, 0.15) is 23.0 Å². The topological polar surface area (TPSA) is 137 Å². The molecule has 4 aromatic heterocycles. The largest absolute Gasteiger partial charge is 0.450 e. The second kappa shape index (κ2) is 9.03. The van der Waals surface area contributed by atoms with Gasteiger partial charge in [0.25, 0.3) is 5.91 Å². The van der Waals surface area contributed by atoms with Crippen LogP contribution in [-0.2, 0) is 7.05 Å². The van der Waals surface area contributed by atoms with E-state index in [1.54, 1.807) is 47.8 Å². The predicted octanol–water partition coefficient (Wildman–Crippen LogP) is 3.12. The lowest BCUT2D eigenvalue weighted by atomic mass is 10.1. The Labute approximate surface area is 201 Å². The molecule has 1 aromatic carbocycles. The highest BCUT2D eigenvalue weighted by Gasteiger charge is 2.17. The van der Waals surface area contributed by atoms with Crippen molar-refractivity contribution in [3.05, 3.63) is 66.6 Å². The summed E-state index contributed by atoms with van der Waals surface area (Å²) in [5.41, 5.74) is 10.1. The van der Waals surface area contributed by atoms with E-state index >= 15 is 0 Å². The van der Waals surface area contributed by atoms with Crippen molar-refractivity contribution in [1.29, 1.82) is 0 Å². The second-order valence-corrected chi connectivity index (χ2v) is 8.38. The summed E-state index contributed by atoms with van der Waals surface area (Å²) in [5.74, 6) is 0.733. The quantitative estimate of drug-likeness (QED) is 0.329.